The fraction of sp³-hybridized carbons (Fsp3) is 0.0833. The first kappa shape index (κ1) is 9.52. The molecule has 2 N–H and O–H groups in total. The number of H-pyrrole nitrogens is 1. The second kappa shape index (κ2) is 3.28. The van der Waals surface area contributed by atoms with Crippen molar-refractivity contribution in [2.24, 2.45) is 0 Å². The Morgan fingerprint density at radius 3 is 2.80 bits per heavy atom. The SMILES string of the molecule is C=C(C)c1ccc2c(C(=O)O)c[nH]c2c1. The molecule has 2 rings (SSSR count). The molecule has 0 bridgehead atoms. The van der Waals surface area contributed by atoms with Crippen LogP contribution in [0.25, 0.3) is 16.5 Å². The first-order valence-electron chi connectivity index (χ1n) is 4.60. The maximum Gasteiger partial charge on any atom is 0.337 e. The lowest BCUT2D eigenvalue weighted by Crippen LogP contribution is -1.93. The molecule has 0 unspecified atom stereocenters. The van der Waals surface area contributed by atoms with Gasteiger partial charge in [0.1, 0.15) is 0 Å². The lowest BCUT2D eigenvalue weighted by molar-refractivity contribution is 0.0699. The lowest BCUT2D eigenvalue weighted by atomic mass is 10.1. The van der Waals surface area contributed by atoms with Crippen LogP contribution in [0.3, 0.4) is 0 Å². The van der Waals surface area contributed by atoms with Gasteiger partial charge in [0.05, 0.1) is 5.56 Å². The van der Waals surface area contributed by atoms with Crippen LogP contribution in [0.2, 0.25) is 0 Å². The van der Waals surface area contributed by atoms with E-state index in [0.717, 1.165) is 22.0 Å². The topological polar surface area (TPSA) is 53.1 Å². The molecule has 3 nitrogen and oxygen atoms in total. The molecule has 1 heterocycles. The smallest absolute Gasteiger partial charge is 0.337 e. The molecule has 0 saturated carbocycles. The van der Waals surface area contributed by atoms with Gasteiger partial charge in [-0.15, -0.1) is 0 Å². The highest BCUT2D eigenvalue weighted by Crippen LogP contribution is 2.22. The summed E-state index contributed by atoms with van der Waals surface area (Å²) in [6, 6.07) is 5.59. The van der Waals surface area contributed by atoms with Gasteiger partial charge in [0, 0.05) is 17.1 Å². The van der Waals surface area contributed by atoms with E-state index < -0.39 is 5.97 Å². The molecule has 0 aliphatic carbocycles. The first-order chi connectivity index (χ1) is 7.09. The lowest BCUT2D eigenvalue weighted by Gasteiger charge is -1.99. The van der Waals surface area contributed by atoms with Crippen molar-refractivity contribution < 1.29 is 9.90 Å². The van der Waals surface area contributed by atoms with Crippen molar-refractivity contribution in [3.05, 3.63) is 42.1 Å². The summed E-state index contributed by atoms with van der Waals surface area (Å²) in [7, 11) is 0. The van der Waals surface area contributed by atoms with Crippen LogP contribution in [0.4, 0.5) is 0 Å². The van der Waals surface area contributed by atoms with Crippen LogP contribution >= 0.6 is 0 Å². The van der Waals surface area contributed by atoms with Gasteiger partial charge in [-0.05, 0) is 18.6 Å². The minimum absolute atomic E-state index is 0.304. The van der Waals surface area contributed by atoms with E-state index in [2.05, 4.69) is 11.6 Å². The Labute approximate surface area is 87.0 Å². The second-order valence-electron chi connectivity index (χ2n) is 3.55. The van der Waals surface area contributed by atoms with Crippen molar-refractivity contribution in [3.8, 4) is 0 Å². The highest BCUT2D eigenvalue weighted by molar-refractivity contribution is 6.03. The van der Waals surface area contributed by atoms with Crippen LogP contribution in [0.1, 0.15) is 22.8 Å². The van der Waals surface area contributed by atoms with Crippen LogP contribution in [-0.4, -0.2) is 16.1 Å². The summed E-state index contributed by atoms with van der Waals surface area (Å²) in [4.78, 5) is 13.8. The number of carbonyl (C=O) groups is 1. The van der Waals surface area contributed by atoms with Gasteiger partial charge >= 0.3 is 5.97 Å². The third-order valence-corrected chi connectivity index (χ3v) is 2.40. The highest BCUT2D eigenvalue weighted by Gasteiger charge is 2.10. The number of aromatic amines is 1. The van der Waals surface area contributed by atoms with Crippen molar-refractivity contribution >= 4 is 22.4 Å². The monoisotopic (exact) mass is 201 g/mol. The van der Waals surface area contributed by atoms with Crippen LogP contribution in [0.5, 0.6) is 0 Å². The summed E-state index contributed by atoms with van der Waals surface area (Å²) in [6.07, 6.45) is 1.51. The molecule has 0 saturated heterocycles. The minimum Gasteiger partial charge on any atom is -0.478 e. The van der Waals surface area contributed by atoms with Gasteiger partial charge in [-0.3, -0.25) is 0 Å². The number of hydrogen-bond donors (Lipinski definition) is 2. The fourth-order valence-corrected chi connectivity index (χ4v) is 1.57. The molecule has 0 aliphatic rings. The largest absolute Gasteiger partial charge is 0.478 e. The summed E-state index contributed by atoms with van der Waals surface area (Å²) in [5, 5.41) is 9.64. The van der Waals surface area contributed by atoms with Gasteiger partial charge in [-0.25, -0.2) is 4.79 Å². The molecule has 3 heteroatoms. The van der Waals surface area contributed by atoms with Crippen LogP contribution in [-0.2, 0) is 0 Å². The Kier molecular flexibility index (Phi) is 2.08. The van der Waals surface area contributed by atoms with E-state index in [1.54, 1.807) is 6.07 Å². The van der Waals surface area contributed by atoms with Gasteiger partial charge in [-0.1, -0.05) is 24.3 Å². The molecule has 2 aromatic rings. The Hall–Kier alpha value is -2.03. The molecule has 1 aromatic heterocycles. The van der Waals surface area contributed by atoms with E-state index in [4.69, 9.17) is 5.11 Å². The zero-order chi connectivity index (χ0) is 11.0. The number of fused-ring (bicyclic) bond motifs is 1. The molecule has 0 aliphatic heterocycles. The third kappa shape index (κ3) is 1.52. The number of rotatable bonds is 2. The molecule has 1 aromatic carbocycles. The number of nitrogens with one attached hydrogen (secondary N) is 1. The van der Waals surface area contributed by atoms with Crippen LogP contribution < -0.4 is 0 Å². The van der Waals surface area contributed by atoms with Crippen LogP contribution in [0, 0.1) is 0 Å². The van der Waals surface area contributed by atoms with Crippen molar-refractivity contribution in [2.45, 2.75) is 6.92 Å². The summed E-state index contributed by atoms with van der Waals surface area (Å²) in [5.41, 5.74) is 3.11. The van der Waals surface area contributed by atoms with Crippen molar-refractivity contribution in [1.29, 1.82) is 0 Å². The van der Waals surface area contributed by atoms with Crippen molar-refractivity contribution in [2.75, 3.05) is 0 Å². The summed E-state index contributed by atoms with van der Waals surface area (Å²) < 4.78 is 0. The standard InChI is InChI=1S/C12H11NO2/c1-7(2)8-3-4-9-10(12(14)15)6-13-11(9)5-8/h3-6,13H,1H2,2H3,(H,14,15). The predicted molar refractivity (Wildman–Crippen MR) is 60.0 cm³/mol. The molecule has 15 heavy (non-hydrogen) atoms. The Bertz CT molecular complexity index is 552. The average Bonchev–Trinajstić information content (AvgIpc) is 2.59. The Morgan fingerprint density at radius 2 is 2.20 bits per heavy atom. The number of aromatic nitrogens is 1. The zero-order valence-corrected chi connectivity index (χ0v) is 8.37. The van der Waals surface area contributed by atoms with Gasteiger partial charge in [0.25, 0.3) is 0 Å². The summed E-state index contributed by atoms with van der Waals surface area (Å²) in [6.45, 7) is 5.76. The highest BCUT2D eigenvalue weighted by atomic mass is 16.4. The van der Waals surface area contributed by atoms with E-state index in [0.29, 0.717) is 5.56 Å². The molecule has 0 spiro atoms. The molecule has 0 radical (unpaired) electrons. The predicted octanol–water partition coefficient (Wildman–Crippen LogP) is 2.90. The summed E-state index contributed by atoms with van der Waals surface area (Å²) >= 11 is 0. The van der Waals surface area contributed by atoms with E-state index in [-0.39, 0.29) is 0 Å². The van der Waals surface area contributed by atoms with Gasteiger partial charge in [0.15, 0.2) is 0 Å². The average molecular weight is 201 g/mol. The van der Waals surface area contributed by atoms with Crippen LogP contribution in [0.15, 0.2) is 31.0 Å². The number of benzene rings is 1. The van der Waals surface area contributed by atoms with Gasteiger partial charge in [-0.2, -0.15) is 0 Å². The molecule has 0 atom stereocenters. The van der Waals surface area contributed by atoms with Gasteiger partial charge < -0.3 is 10.1 Å². The van der Waals surface area contributed by atoms with Gasteiger partial charge in [0.2, 0.25) is 0 Å². The number of carboxylic acids is 1. The minimum atomic E-state index is -0.913. The molecule has 0 fully saturated rings. The number of carboxylic acid groups (broad SMARTS) is 1. The second-order valence-corrected chi connectivity index (χ2v) is 3.55. The third-order valence-electron chi connectivity index (χ3n) is 2.40. The quantitative estimate of drug-likeness (QED) is 0.784. The zero-order valence-electron chi connectivity index (χ0n) is 8.37. The Balaban J connectivity index is 2.66. The maximum atomic E-state index is 10.9. The molecule has 76 valence electrons. The van der Waals surface area contributed by atoms with E-state index in [9.17, 15) is 4.79 Å². The number of allylic oxidation sites excluding steroid dienone is 1. The van der Waals surface area contributed by atoms with Crippen molar-refractivity contribution in [1.82, 2.24) is 4.98 Å². The number of hydrogen-bond acceptors (Lipinski definition) is 1. The van der Waals surface area contributed by atoms with E-state index in [1.807, 2.05) is 19.1 Å². The van der Waals surface area contributed by atoms with E-state index >= 15 is 0 Å². The van der Waals surface area contributed by atoms with Crippen molar-refractivity contribution in [3.63, 3.8) is 0 Å². The molecular weight excluding hydrogens is 190 g/mol. The summed E-state index contributed by atoms with van der Waals surface area (Å²) in [5.74, 6) is -0.913. The van der Waals surface area contributed by atoms with E-state index in [1.165, 1.54) is 6.20 Å². The first-order valence-corrected chi connectivity index (χ1v) is 4.60. The Morgan fingerprint density at radius 1 is 1.47 bits per heavy atom. The molecule has 0 amide bonds. The molecular formula is C12H11NO2. The number of aromatic carboxylic acids is 1. The fourth-order valence-electron chi connectivity index (χ4n) is 1.57. The normalized spacial score (nSPS) is 10.5. The maximum absolute atomic E-state index is 10.9.